The minimum Gasteiger partial charge on any atom is -0.391 e. The predicted molar refractivity (Wildman–Crippen MR) is 95.1 cm³/mol. The molecule has 3 aromatic rings. The van der Waals surface area contributed by atoms with Crippen molar-refractivity contribution in [2.75, 3.05) is 13.1 Å². The number of β-amino-alcohol motifs (C(OH)–C–C–N with tert-alkyl or cyclic N) is 1. The summed E-state index contributed by atoms with van der Waals surface area (Å²) in [6.45, 7) is 4.13. The van der Waals surface area contributed by atoms with Crippen LogP contribution in [0.4, 0.5) is 0 Å². The fourth-order valence-corrected chi connectivity index (χ4v) is 3.94. The van der Waals surface area contributed by atoms with Crippen LogP contribution in [0.15, 0.2) is 40.5 Å². The summed E-state index contributed by atoms with van der Waals surface area (Å²) in [5.41, 5.74) is 1.94. The molecule has 7 heteroatoms. The first-order chi connectivity index (χ1) is 12.2. The SMILES string of the molecule is Cc1cc(C[C@@H]2CN(Cc3cnc(-c4cccs4)nc3)C[C@@H]2O)on1. The third-order valence-corrected chi connectivity index (χ3v) is 5.34. The van der Waals surface area contributed by atoms with E-state index < -0.39 is 0 Å². The molecule has 4 heterocycles. The van der Waals surface area contributed by atoms with Crippen LogP contribution < -0.4 is 0 Å². The monoisotopic (exact) mass is 356 g/mol. The molecule has 130 valence electrons. The highest BCUT2D eigenvalue weighted by Crippen LogP contribution is 2.24. The topological polar surface area (TPSA) is 75.3 Å². The third kappa shape index (κ3) is 3.78. The van der Waals surface area contributed by atoms with Gasteiger partial charge < -0.3 is 9.63 Å². The molecule has 0 unspecified atom stereocenters. The molecule has 3 aromatic heterocycles. The Bertz CT molecular complexity index is 816. The summed E-state index contributed by atoms with van der Waals surface area (Å²) >= 11 is 1.64. The van der Waals surface area contributed by atoms with Crippen LogP contribution >= 0.6 is 11.3 Å². The van der Waals surface area contributed by atoms with Gasteiger partial charge in [0.2, 0.25) is 0 Å². The molecule has 0 radical (unpaired) electrons. The van der Waals surface area contributed by atoms with Crippen molar-refractivity contribution in [3.63, 3.8) is 0 Å². The van der Waals surface area contributed by atoms with Gasteiger partial charge >= 0.3 is 0 Å². The lowest BCUT2D eigenvalue weighted by molar-refractivity contribution is 0.137. The van der Waals surface area contributed by atoms with Crippen molar-refractivity contribution in [1.82, 2.24) is 20.0 Å². The maximum atomic E-state index is 10.3. The lowest BCUT2D eigenvalue weighted by Gasteiger charge is -2.14. The van der Waals surface area contributed by atoms with Crippen molar-refractivity contribution >= 4 is 11.3 Å². The van der Waals surface area contributed by atoms with Gasteiger partial charge in [-0.25, -0.2) is 9.97 Å². The molecule has 0 amide bonds. The van der Waals surface area contributed by atoms with E-state index in [2.05, 4.69) is 20.0 Å². The molecule has 1 aliphatic heterocycles. The largest absolute Gasteiger partial charge is 0.391 e. The van der Waals surface area contributed by atoms with E-state index in [1.807, 2.05) is 42.9 Å². The number of aryl methyl sites for hydroxylation is 1. The molecule has 1 saturated heterocycles. The quantitative estimate of drug-likeness (QED) is 0.757. The van der Waals surface area contributed by atoms with Gasteiger partial charge in [-0.3, -0.25) is 4.90 Å². The number of rotatable bonds is 5. The van der Waals surface area contributed by atoms with E-state index in [0.29, 0.717) is 13.0 Å². The summed E-state index contributed by atoms with van der Waals surface area (Å²) in [4.78, 5) is 12.2. The van der Waals surface area contributed by atoms with Crippen LogP contribution in [-0.4, -0.2) is 44.3 Å². The maximum absolute atomic E-state index is 10.3. The molecule has 1 aliphatic rings. The normalized spacial score (nSPS) is 21.0. The molecular weight excluding hydrogens is 336 g/mol. The van der Waals surface area contributed by atoms with Gasteiger partial charge in [0.05, 0.1) is 16.7 Å². The van der Waals surface area contributed by atoms with Crippen molar-refractivity contribution < 1.29 is 9.63 Å². The van der Waals surface area contributed by atoms with Crippen LogP contribution in [0.5, 0.6) is 0 Å². The zero-order valence-electron chi connectivity index (χ0n) is 14.0. The second kappa shape index (κ2) is 7.03. The molecule has 0 saturated carbocycles. The van der Waals surface area contributed by atoms with Crippen molar-refractivity contribution in [3.05, 3.63) is 53.0 Å². The molecule has 0 aliphatic carbocycles. The van der Waals surface area contributed by atoms with E-state index in [1.54, 1.807) is 11.3 Å². The van der Waals surface area contributed by atoms with Crippen molar-refractivity contribution in [2.45, 2.75) is 26.0 Å². The Kier molecular flexibility index (Phi) is 4.61. The number of nitrogens with zero attached hydrogens (tertiary/aromatic N) is 4. The van der Waals surface area contributed by atoms with Crippen LogP contribution in [0.25, 0.3) is 10.7 Å². The highest BCUT2D eigenvalue weighted by molar-refractivity contribution is 7.13. The molecule has 0 bridgehead atoms. The Hall–Kier alpha value is -2.09. The lowest BCUT2D eigenvalue weighted by atomic mass is 10.0. The van der Waals surface area contributed by atoms with E-state index in [4.69, 9.17) is 4.52 Å². The molecule has 0 aromatic carbocycles. The fourth-order valence-electron chi connectivity index (χ4n) is 3.27. The highest BCUT2D eigenvalue weighted by Gasteiger charge is 2.32. The van der Waals surface area contributed by atoms with Crippen LogP contribution in [-0.2, 0) is 13.0 Å². The average Bonchev–Trinajstić information content (AvgIpc) is 3.32. The minimum absolute atomic E-state index is 0.165. The summed E-state index contributed by atoms with van der Waals surface area (Å²) in [7, 11) is 0. The number of hydrogen-bond acceptors (Lipinski definition) is 7. The Morgan fingerprint density at radius 1 is 1.32 bits per heavy atom. The van der Waals surface area contributed by atoms with Gasteiger partial charge in [0.15, 0.2) is 5.82 Å². The Labute approximate surface area is 150 Å². The summed E-state index contributed by atoms with van der Waals surface area (Å²) in [5, 5.41) is 16.3. The summed E-state index contributed by atoms with van der Waals surface area (Å²) in [5.74, 6) is 1.77. The molecule has 1 fully saturated rings. The molecule has 0 spiro atoms. The Balaban J connectivity index is 1.37. The molecule has 4 rings (SSSR count). The van der Waals surface area contributed by atoms with Gasteiger partial charge in [0.25, 0.3) is 0 Å². The fraction of sp³-hybridized carbons (Fsp3) is 0.389. The minimum atomic E-state index is -0.350. The number of aliphatic hydroxyl groups excluding tert-OH is 1. The zero-order valence-corrected chi connectivity index (χ0v) is 14.8. The van der Waals surface area contributed by atoms with Crippen molar-refractivity contribution in [1.29, 1.82) is 0 Å². The second-order valence-corrected chi connectivity index (χ2v) is 7.50. The van der Waals surface area contributed by atoms with Gasteiger partial charge in [-0.05, 0) is 18.4 Å². The number of aromatic nitrogens is 3. The highest BCUT2D eigenvalue weighted by atomic mass is 32.1. The molecule has 2 atom stereocenters. The third-order valence-electron chi connectivity index (χ3n) is 4.48. The van der Waals surface area contributed by atoms with E-state index in [0.717, 1.165) is 40.8 Å². The molecule has 6 nitrogen and oxygen atoms in total. The van der Waals surface area contributed by atoms with Crippen molar-refractivity contribution in [3.8, 4) is 10.7 Å². The Morgan fingerprint density at radius 2 is 2.16 bits per heavy atom. The van der Waals surface area contributed by atoms with Crippen LogP contribution in [0.2, 0.25) is 0 Å². The van der Waals surface area contributed by atoms with Crippen LogP contribution in [0.3, 0.4) is 0 Å². The summed E-state index contributed by atoms with van der Waals surface area (Å²) in [6, 6.07) is 5.96. The number of aliphatic hydroxyl groups is 1. The van der Waals surface area contributed by atoms with Gasteiger partial charge in [0, 0.05) is 56.0 Å². The van der Waals surface area contributed by atoms with E-state index >= 15 is 0 Å². The molecule has 25 heavy (non-hydrogen) atoms. The van der Waals surface area contributed by atoms with Crippen molar-refractivity contribution in [2.24, 2.45) is 5.92 Å². The first kappa shape index (κ1) is 16.4. The van der Waals surface area contributed by atoms with Gasteiger partial charge in [-0.2, -0.15) is 0 Å². The lowest BCUT2D eigenvalue weighted by Crippen LogP contribution is -2.21. The van der Waals surface area contributed by atoms with Gasteiger partial charge in [-0.15, -0.1) is 11.3 Å². The van der Waals surface area contributed by atoms with Gasteiger partial charge in [-0.1, -0.05) is 11.2 Å². The van der Waals surface area contributed by atoms with E-state index in [9.17, 15) is 5.11 Å². The number of likely N-dealkylation sites (tertiary alicyclic amines) is 1. The number of hydrogen-bond donors (Lipinski definition) is 1. The van der Waals surface area contributed by atoms with Gasteiger partial charge in [0.1, 0.15) is 5.76 Å². The van der Waals surface area contributed by atoms with Crippen LogP contribution in [0.1, 0.15) is 17.0 Å². The molecular formula is C18H20N4O2S. The first-order valence-electron chi connectivity index (χ1n) is 8.35. The standard InChI is InChI=1S/C18H20N4O2S/c1-12-5-15(24-21-12)6-14-10-22(11-16(14)23)9-13-7-19-18(20-8-13)17-3-2-4-25-17/h2-5,7-8,14,16,23H,6,9-11H2,1H3/t14-,16+/m1/s1. The van der Waals surface area contributed by atoms with E-state index in [-0.39, 0.29) is 12.0 Å². The molecule has 1 N–H and O–H groups in total. The smallest absolute Gasteiger partial charge is 0.169 e. The number of thiophene rings is 1. The first-order valence-corrected chi connectivity index (χ1v) is 9.23. The summed E-state index contributed by atoms with van der Waals surface area (Å²) in [6.07, 6.45) is 4.12. The second-order valence-electron chi connectivity index (χ2n) is 6.55. The summed E-state index contributed by atoms with van der Waals surface area (Å²) < 4.78 is 5.28. The predicted octanol–water partition coefficient (Wildman–Crippen LogP) is 2.54. The maximum Gasteiger partial charge on any atom is 0.169 e. The van der Waals surface area contributed by atoms with Crippen LogP contribution in [0, 0.1) is 12.8 Å². The zero-order chi connectivity index (χ0) is 17.2. The average molecular weight is 356 g/mol. The Morgan fingerprint density at radius 3 is 2.84 bits per heavy atom. The van der Waals surface area contributed by atoms with E-state index in [1.165, 1.54) is 0 Å².